The van der Waals surface area contributed by atoms with Crippen LogP contribution >= 0.6 is 0 Å². The van der Waals surface area contributed by atoms with Crippen molar-refractivity contribution in [3.8, 4) is 11.5 Å². The van der Waals surface area contributed by atoms with Crippen LogP contribution in [-0.4, -0.2) is 42.3 Å². The van der Waals surface area contributed by atoms with Gasteiger partial charge in [0.05, 0.1) is 0 Å². The molecular formula is C18H18FNO4. The molecule has 0 aromatic heterocycles. The van der Waals surface area contributed by atoms with Gasteiger partial charge in [-0.1, -0.05) is 18.2 Å². The number of ether oxygens (including phenoxy) is 2. The summed E-state index contributed by atoms with van der Waals surface area (Å²) in [4.78, 5) is 13.6. The molecule has 1 aliphatic rings. The number of fused-ring (bicyclic) bond motifs is 1. The molecule has 0 bridgehead atoms. The van der Waals surface area contributed by atoms with E-state index in [1.807, 2.05) is 11.0 Å². The maximum absolute atomic E-state index is 12.9. The maximum atomic E-state index is 12.9. The van der Waals surface area contributed by atoms with Gasteiger partial charge in [-0.05, 0) is 30.3 Å². The van der Waals surface area contributed by atoms with Gasteiger partial charge >= 0.3 is 5.97 Å². The second kappa shape index (κ2) is 7.31. The molecule has 24 heavy (non-hydrogen) atoms. The summed E-state index contributed by atoms with van der Waals surface area (Å²) in [6.45, 7) is 1.62. The number of hydrogen-bond donors (Lipinski definition) is 1. The van der Waals surface area contributed by atoms with Gasteiger partial charge in [-0.25, -0.2) is 4.39 Å². The van der Waals surface area contributed by atoms with Crippen molar-refractivity contribution in [1.29, 1.82) is 0 Å². The third-order valence-corrected chi connectivity index (χ3v) is 3.91. The zero-order chi connectivity index (χ0) is 16.9. The van der Waals surface area contributed by atoms with E-state index in [-0.39, 0.29) is 5.82 Å². The van der Waals surface area contributed by atoms with E-state index in [0.717, 1.165) is 0 Å². The van der Waals surface area contributed by atoms with Crippen LogP contribution in [0.5, 0.6) is 11.5 Å². The molecule has 0 saturated heterocycles. The average Bonchev–Trinajstić information content (AvgIpc) is 2.76. The van der Waals surface area contributed by atoms with E-state index < -0.39 is 12.0 Å². The third-order valence-electron chi connectivity index (χ3n) is 3.91. The van der Waals surface area contributed by atoms with Crippen molar-refractivity contribution in [2.24, 2.45) is 0 Å². The van der Waals surface area contributed by atoms with Gasteiger partial charge in [0, 0.05) is 18.7 Å². The molecule has 0 amide bonds. The Labute approximate surface area is 139 Å². The lowest BCUT2D eigenvalue weighted by molar-refractivity contribution is -0.143. The van der Waals surface area contributed by atoms with Crippen molar-refractivity contribution < 1.29 is 23.8 Å². The van der Waals surface area contributed by atoms with Gasteiger partial charge in [0.1, 0.15) is 36.6 Å². The zero-order valence-electron chi connectivity index (χ0n) is 13.0. The number of carboxylic acids is 1. The Balaban J connectivity index is 1.69. The molecule has 2 aromatic rings. The van der Waals surface area contributed by atoms with E-state index in [0.29, 0.717) is 43.4 Å². The number of para-hydroxylation sites is 1. The molecule has 0 radical (unpaired) electrons. The van der Waals surface area contributed by atoms with E-state index in [1.54, 1.807) is 30.3 Å². The Bertz CT molecular complexity index is 704. The zero-order valence-corrected chi connectivity index (χ0v) is 13.0. The fourth-order valence-electron chi connectivity index (χ4n) is 2.78. The predicted octanol–water partition coefficient (Wildman–Crippen LogP) is 2.72. The van der Waals surface area contributed by atoms with Crippen molar-refractivity contribution >= 4 is 5.97 Å². The molecular weight excluding hydrogens is 313 g/mol. The third kappa shape index (κ3) is 3.65. The minimum absolute atomic E-state index is 0.303. The molecule has 2 aromatic carbocycles. The van der Waals surface area contributed by atoms with Crippen molar-refractivity contribution in [1.82, 2.24) is 4.90 Å². The van der Waals surface area contributed by atoms with Crippen LogP contribution in [0.25, 0.3) is 0 Å². The second-order valence-corrected chi connectivity index (χ2v) is 5.47. The Kier molecular flexibility index (Phi) is 4.96. The highest BCUT2D eigenvalue weighted by atomic mass is 19.1. The molecule has 0 saturated carbocycles. The van der Waals surface area contributed by atoms with E-state index in [4.69, 9.17) is 9.47 Å². The van der Waals surface area contributed by atoms with E-state index in [2.05, 4.69) is 0 Å². The topological polar surface area (TPSA) is 59.0 Å². The minimum atomic E-state index is -0.922. The molecule has 5 nitrogen and oxygen atoms in total. The first kappa shape index (κ1) is 16.3. The number of hydrogen-bond acceptors (Lipinski definition) is 4. The van der Waals surface area contributed by atoms with Gasteiger partial charge in [-0.15, -0.1) is 0 Å². The number of halogens is 1. The molecule has 1 aliphatic heterocycles. The molecule has 0 aliphatic carbocycles. The Morgan fingerprint density at radius 2 is 2.00 bits per heavy atom. The lowest BCUT2D eigenvalue weighted by atomic mass is 10.0. The highest BCUT2D eigenvalue weighted by Gasteiger charge is 2.31. The highest BCUT2D eigenvalue weighted by molar-refractivity contribution is 5.76. The van der Waals surface area contributed by atoms with E-state index >= 15 is 0 Å². The van der Waals surface area contributed by atoms with Crippen molar-refractivity contribution in [3.63, 3.8) is 0 Å². The summed E-state index contributed by atoms with van der Waals surface area (Å²) in [7, 11) is 0. The van der Waals surface area contributed by atoms with Crippen LogP contribution in [0.15, 0.2) is 48.5 Å². The molecule has 3 rings (SSSR count). The fraction of sp³-hybridized carbons (Fsp3) is 0.278. The van der Waals surface area contributed by atoms with Crippen molar-refractivity contribution in [3.05, 3.63) is 59.9 Å². The lowest BCUT2D eigenvalue weighted by Gasteiger charge is -2.26. The molecule has 1 atom stereocenters. The SMILES string of the molecule is O=C(O)C1c2ccccc2OCCN1CCOc1ccc(F)cc1. The predicted molar refractivity (Wildman–Crippen MR) is 85.8 cm³/mol. The van der Waals surface area contributed by atoms with Crippen molar-refractivity contribution in [2.75, 3.05) is 26.3 Å². The summed E-state index contributed by atoms with van der Waals surface area (Å²) in [6.07, 6.45) is 0. The first-order valence-electron chi connectivity index (χ1n) is 7.72. The van der Waals surface area contributed by atoms with Gasteiger partial charge < -0.3 is 14.6 Å². The normalized spacial score (nSPS) is 17.5. The number of aliphatic carboxylic acids is 1. The summed E-state index contributed by atoms with van der Waals surface area (Å²) < 4.78 is 24.1. The summed E-state index contributed by atoms with van der Waals surface area (Å²) in [5.74, 6) is -0.0918. The summed E-state index contributed by atoms with van der Waals surface area (Å²) >= 11 is 0. The molecule has 126 valence electrons. The Morgan fingerprint density at radius 1 is 1.25 bits per heavy atom. The average molecular weight is 331 g/mol. The molecule has 1 unspecified atom stereocenters. The van der Waals surface area contributed by atoms with Crippen LogP contribution in [-0.2, 0) is 4.79 Å². The first-order chi connectivity index (χ1) is 11.6. The minimum Gasteiger partial charge on any atom is -0.492 e. The fourth-order valence-corrected chi connectivity index (χ4v) is 2.78. The van der Waals surface area contributed by atoms with Gasteiger partial charge in [0.2, 0.25) is 0 Å². The van der Waals surface area contributed by atoms with Crippen LogP contribution in [0.1, 0.15) is 11.6 Å². The monoisotopic (exact) mass is 331 g/mol. The Hall–Kier alpha value is -2.60. The summed E-state index contributed by atoms with van der Waals surface area (Å²) in [5.41, 5.74) is 0.643. The van der Waals surface area contributed by atoms with Gasteiger partial charge in [-0.3, -0.25) is 9.69 Å². The van der Waals surface area contributed by atoms with Crippen LogP contribution in [0.3, 0.4) is 0 Å². The first-order valence-corrected chi connectivity index (χ1v) is 7.72. The van der Waals surface area contributed by atoms with Crippen LogP contribution < -0.4 is 9.47 Å². The highest BCUT2D eigenvalue weighted by Crippen LogP contribution is 2.31. The standard InChI is InChI=1S/C18H18FNO4/c19-13-5-7-14(8-6-13)23-11-9-20-10-12-24-16-4-2-1-3-15(16)17(20)18(21)22/h1-8,17H,9-12H2,(H,21,22). The van der Waals surface area contributed by atoms with E-state index in [9.17, 15) is 14.3 Å². The number of benzene rings is 2. The van der Waals surface area contributed by atoms with Crippen LogP contribution in [0, 0.1) is 5.82 Å². The van der Waals surface area contributed by atoms with E-state index in [1.165, 1.54) is 12.1 Å². The molecule has 1 heterocycles. The molecule has 0 fully saturated rings. The van der Waals surface area contributed by atoms with Gasteiger partial charge in [0.25, 0.3) is 0 Å². The molecule has 6 heteroatoms. The lowest BCUT2D eigenvalue weighted by Crippen LogP contribution is -2.37. The Morgan fingerprint density at radius 3 is 2.75 bits per heavy atom. The largest absolute Gasteiger partial charge is 0.492 e. The van der Waals surface area contributed by atoms with Crippen LogP contribution in [0.4, 0.5) is 4.39 Å². The van der Waals surface area contributed by atoms with Crippen LogP contribution in [0.2, 0.25) is 0 Å². The number of carboxylic acid groups (broad SMARTS) is 1. The summed E-state index contributed by atoms with van der Waals surface area (Å²) in [5, 5.41) is 9.65. The number of nitrogens with zero attached hydrogens (tertiary/aromatic N) is 1. The quantitative estimate of drug-likeness (QED) is 0.913. The summed E-state index contributed by atoms with van der Waals surface area (Å²) in [6, 6.07) is 12.1. The maximum Gasteiger partial charge on any atom is 0.325 e. The smallest absolute Gasteiger partial charge is 0.325 e. The molecule has 0 spiro atoms. The molecule has 1 N–H and O–H groups in total. The van der Waals surface area contributed by atoms with Gasteiger partial charge in [-0.2, -0.15) is 0 Å². The number of rotatable bonds is 5. The van der Waals surface area contributed by atoms with Crippen molar-refractivity contribution in [2.45, 2.75) is 6.04 Å². The second-order valence-electron chi connectivity index (χ2n) is 5.47. The number of carbonyl (C=O) groups is 1. The van der Waals surface area contributed by atoms with Gasteiger partial charge in [0.15, 0.2) is 0 Å².